The van der Waals surface area contributed by atoms with Crippen molar-refractivity contribution in [3.8, 4) is 5.75 Å². The molecule has 0 amide bonds. The summed E-state index contributed by atoms with van der Waals surface area (Å²) in [6.45, 7) is 2.12. The van der Waals surface area contributed by atoms with Gasteiger partial charge in [0.2, 0.25) is 0 Å². The molecule has 0 atom stereocenters. The number of hydrogen-bond donors (Lipinski definition) is 0. The highest BCUT2D eigenvalue weighted by Gasteiger charge is 2.27. The Balaban J connectivity index is 1.98. The highest BCUT2D eigenvalue weighted by Crippen LogP contribution is 2.31. The molecule has 0 aliphatic heterocycles. The van der Waals surface area contributed by atoms with Gasteiger partial charge in [0.15, 0.2) is 17.5 Å². The molecule has 0 radical (unpaired) electrons. The molecule has 1 aliphatic carbocycles. The van der Waals surface area contributed by atoms with Crippen molar-refractivity contribution in [3.05, 3.63) is 29.6 Å². The third-order valence-corrected chi connectivity index (χ3v) is 3.93. The largest absolute Gasteiger partial charge is 0.426 e. The zero-order chi connectivity index (χ0) is 14.7. The Bertz CT molecular complexity index is 471. The van der Waals surface area contributed by atoms with E-state index < -0.39 is 23.4 Å². The van der Waals surface area contributed by atoms with E-state index in [1.54, 1.807) is 0 Å². The van der Waals surface area contributed by atoms with E-state index in [2.05, 4.69) is 6.92 Å². The molecule has 0 N–H and O–H groups in total. The zero-order valence-electron chi connectivity index (χ0n) is 11.3. The van der Waals surface area contributed by atoms with Crippen molar-refractivity contribution in [1.82, 2.24) is 0 Å². The Morgan fingerprint density at radius 1 is 1.15 bits per heavy atom. The second kappa shape index (κ2) is 6.29. The average molecular weight is 286 g/mol. The molecule has 0 bridgehead atoms. The fraction of sp³-hybridized carbons (Fsp3) is 0.533. The molecule has 1 aromatic rings. The van der Waals surface area contributed by atoms with Crippen LogP contribution in [-0.4, -0.2) is 5.97 Å². The van der Waals surface area contributed by atoms with Crippen LogP contribution in [0.5, 0.6) is 5.75 Å². The number of carbonyl (C=O) groups excluding carboxylic acids is 1. The van der Waals surface area contributed by atoms with Crippen molar-refractivity contribution in [2.75, 3.05) is 0 Å². The monoisotopic (exact) mass is 286 g/mol. The van der Waals surface area contributed by atoms with E-state index in [9.17, 15) is 18.0 Å². The molecule has 0 aromatic heterocycles. The van der Waals surface area contributed by atoms with Crippen molar-refractivity contribution in [1.29, 1.82) is 0 Å². The van der Waals surface area contributed by atoms with E-state index in [0.717, 1.165) is 32.1 Å². The Labute approximate surface area is 115 Å². The SMILES string of the molecule is CC[C@H]1CC[C@H](C(=O)Oc2cc(F)c(F)c(F)c2)CC1. The summed E-state index contributed by atoms with van der Waals surface area (Å²) in [5.41, 5.74) is 0. The minimum absolute atomic E-state index is 0.242. The molecule has 1 fully saturated rings. The van der Waals surface area contributed by atoms with Crippen LogP contribution in [0.4, 0.5) is 13.2 Å². The second-order valence-corrected chi connectivity index (χ2v) is 5.25. The molecule has 110 valence electrons. The predicted octanol–water partition coefficient (Wildman–Crippen LogP) is 4.23. The summed E-state index contributed by atoms with van der Waals surface area (Å²) < 4.78 is 43.8. The van der Waals surface area contributed by atoms with Crippen molar-refractivity contribution in [2.45, 2.75) is 39.0 Å². The standard InChI is InChI=1S/C15H17F3O2/c1-2-9-3-5-10(6-4-9)15(19)20-11-7-12(16)14(18)13(17)8-11/h7-10H,2-6H2,1H3/t9-,10-. The molecule has 1 aromatic carbocycles. The summed E-state index contributed by atoms with van der Waals surface area (Å²) in [4.78, 5) is 11.9. The first-order valence-corrected chi connectivity index (χ1v) is 6.87. The molecule has 1 saturated carbocycles. The number of halogens is 3. The topological polar surface area (TPSA) is 26.3 Å². The molecule has 0 heterocycles. The molecular weight excluding hydrogens is 269 g/mol. The van der Waals surface area contributed by atoms with Gasteiger partial charge in [-0.15, -0.1) is 0 Å². The Morgan fingerprint density at radius 2 is 1.70 bits per heavy atom. The van der Waals surface area contributed by atoms with Crippen molar-refractivity contribution in [3.63, 3.8) is 0 Å². The Kier molecular flexibility index (Phi) is 4.68. The van der Waals surface area contributed by atoms with Gasteiger partial charge in [0.05, 0.1) is 5.92 Å². The lowest BCUT2D eigenvalue weighted by molar-refractivity contribution is -0.140. The van der Waals surface area contributed by atoms with Crippen LogP contribution < -0.4 is 4.74 Å². The van der Waals surface area contributed by atoms with Crippen LogP contribution in [0.2, 0.25) is 0 Å². The lowest BCUT2D eigenvalue weighted by atomic mass is 9.81. The number of esters is 1. The maximum Gasteiger partial charge on any atom is 0.314 e. The minimum Gasteiger partial charge on any atom is -0.426 e. The van der Waals surface area contributed by atoms with E-state index in [4.69, 9.17) is 4.74 Å². The second-order valence-electron chi connectivity index (χ2n) is 5.25. The molecule has 5 heteroatoms. The number of benzene rings is 1. The van der Waals surface area contributed by atoms with E-state index in [-0.39, 0.29) is 11.7 Å². The predicted molar refractivity (Wildman–Crippen MR) is 67.7 cm³/mol. The van der Waals surface area contributed by atoms with Gasteiger partial charge in [0, 0.05) is 12.1 Å². The Hall–Kier alpha value is -1.52. The normalized spacial score (nSPS) is 22.6. The molecule has 2 nitrogen and oxygen atoms in total. The van der Waals surface area contributed by atoms with Crippen molar-refractivity contribution in [2.24, 2.45) is 11.8 Å². The lowest BCUT2D eigenvalue weighted by Gasteiger charge is -2.26. The number of rotatable bonds is 3. The first-order valence-electron chi connectivity index (χ1n) is 6.87. The highest BCUT2D eigenvalue weighted by molar-refractivity contribution is 5.75. The van der Waals surface area contributed by atoms with Gasteiger partial charge in [-0.3, -0.25) is 4.79 Å². The van der Waals surface area contributed by atoms with Crippen LogP contribution in [0, 0.1) is 29.3 Å². The summed E-state index contributed by atoms with van der Waals surface area (Å²) >= 11 is 0. The lowest BCUT2D eigenvalue weighted by Crippen LogP contribution is -2.25. The fourth-order valence-electron chi connectivity index (χ4n) is 2.60. The average Bonchev–Trinajstić information content (AvgIpc) is 2.44. The first kappa shape index (κ1) is 14.9. The summed E-state index contributed by atoms with van der Waals surface area (Å²) in [5, 5.41) is 0. The maximum atomic E-state index is 13.0. The molecule has 2 rings (SSSR count). The van der Waals surface area contributed by atoms with E-state index in [1.165, 1.54) is 0 Å². The van der Waals surface area contributed by atoms with Gasteiger partial charge in [-0.05, 0) is 31.6 Å². The van der Waals surface area contributed by atoms with Crippen molar-refractivity contribution >= 4 is 5.97 Å². The van der Waals surface area contributed by atoms with E-state index in [1.807, 2.05) is 0 Å². The molecule has 20 heavy (non-hydrogen) atoms. The summed E-state index contributed by atoms with van der Waals surface area (Å²) in [7, 11) is 0. The molecule has 0 unspecified atom stereocenters. The van der Waals surface area contributed by atoms with Crippen LogP contribution in [0.25, 0.3) is 0 Å². The van der Waals surface area contributed by atoms with Crippen LogP contribution in [0.3, 0.4) is 0 Å². The van der Waals surface area contributed by atoms with Crippen LogP contribution in [0.1, 0.15) is 39.0 Å². The third kappa shape index (κ3) is 3.32. The van der Waals surface area contributed by atoms with Crippen LogP contribution in [0.15, 0.2) is 12.1 Å². The van der Waals surface area contributed by atoms with Gasteiger partial charge in [-0.25, -0.2) is 13.2 Å². The summed E-state index contributed by atoms with van der Waals surface area (Å²) in [5.74, 6) is -4.67. The third-order valence-electron chi connectivity index (χ3n) is 3.93. The fourth-order valence-corrected chi connectivity index (χ4v) is 2.60. The maximum absolute atomic E-state index is 13.0. The first-order chi connectivity index (χ1) is 9.51. The van der Waals surface area contributed by atoms with E-state index in [0.29, 0.717) is 18.1 Å². The van der Waals surface area contributed by atoms with Crippen LogP contribution >= 0.6 is 0 Å². The van der Waals surface area contributed by atoms with Gasteiger partial charge in [-0.1, -0.05) is 13.3 Å². The molecule has 0 saturated heterocycles. The zero-order valence-corrected chi connectivity index (χ0v) is 11.3. The number of hydrogen-bond acceptors (Lipinski definition) is 2. The molecular formula is C15H17F3O2. The molecule has 0 spiro atoms. The van der Waals surface area contributed by atoms with Gasteiger partial charge < -0.3 is 4.74 Å². The number of carbonyl (C=O) groups is 1. The summed E-state index contributed by atoms with van der Waals surface area (Å²) in [6, 6.07) is 1.38. The number of ether oxygens (including phenoxy) is 1. The van der Waals surface area contributed by atoms with Gasteiger partial charge >= 0.3 is 5.97 Å². The summed E-state index contributed by atoms with van der Waals surface area (Å²) in [6.07, 6.45) is 4.47. The Morgan fingerprint density at radius 3 is 2.20 bits per heavy atom. The molecule has 1 aliphatic rings. The van der Waals surface area contributed by atoms with E-state index >= 15 is 0 Å². The smallest absolute Gasteiger partial charge is 0.314 e. The quantitative estimate of drug-likeness (QED) is 0.472. The highest BCUT2D eigenvalue weighted by atomic mass is 19.2. The van der Waals surface area contributed by atoms with Crippen LogP contribution in [-0.2, 0) is 4.79 Å². The minimum atomic E-state index is -1.56. The van der Waals surface area contributed by atoms with Gasteiger partial charge in [0.25, 0.3) is 0 Å². The van der Waals surface area contributed by atoms with Gasteiger partial charge in [-0.2, -0.15) is 0 Å². The van der Waals surface area contributed by atoms with Gasteiger partial charge in [0.1, 0.15) is 5.75 Å². The van der Waals surface area contributed by atoms with Crippen molar-refractivity contribution < 1.29 is 22.7 Å².